The number of hydrogen-bond acceptors (Lipinski definition) is 4. The molecular formula is C13H23N3O. The Hall–Kier alpha value is -1.06. The molecule has 17 heavy (non-hydrogen) atoms. The molecule has 0 aliphatic heterocycles. The van der Waals surface area contributed by atoms with Crippen molar-refractivity contribution in [2.75, 3.05) is 11.9 Å². The number of aromatic nitrogens is 2. The van der Waals surface area contributed by atoms with E-state index in [1.54, 1.807) is 0 Å². The number of nitrogens with one attached hydrogen (secondary N) is 1. The Morgan fingerprint density at radius 2 is 2.24 bits per heavy atom. The lowest BCUT2D eigenvalue weighted by molar-refractivity contribution is 0.324. The molecule has 1 N–H and O–H groups in total. The first kappa shape index (κ1) is 12.4. The number of rotatable bonds is 4. The maximum Gasteiger partial charge on any atom is 0.321 e. The van der Waals surface area contributed by atoms with Crippen molar-refractivity contribution in [2.45, 2.75) is 52.4 Å². The van der Waals surface area contributed by atoms with E-state index in [9.17, 15) is 0 Å². The van der Waals surface area contributed by atoms with Crippen LogP contribution in [0, 0.1) is 11.8 Å². The van der Waals surface area contributed by atoms with Crippen LogP contribution < -0.4 is 5.32 Å². The van der Waals surface area contributed by atoms with Crippen LogP contribution in [0.3, 0.4) is 0 Å². The van der Waals surface area contributed by atoms with Crippen molar-refractivity contribution in [3.63, 3.8) is 0 Å². The SMILES string of the molecule is CC(C)CNc1nc(C2CCCC(C)C2)no1. The molecule has 0 radical (unpaired) electrons. The Labute approximate surface area is 103 Å². The van der Waals surface area contributed by atoms with Crippen LogP contribution in [0.1, 0.15) is 58.2 Å². The standard InChI is InChI=1S/C13H23N3O/c1-9(2)8-14-13-15-12(16-17-13)11-6-4-5-10(3)7-11/h9-11H,4-8H2,1-3H3,(H,14,15,16). The summed E-state index contributed by atoms with van der Waals surface area (Å²) in [6, 6.07) is 0.576. The van der Waals surface area contributed by atoms with Gasteiger partial charge >= 0.3 is 6.01 Å². The molecule has 0 spiro atoms. The van der Waals surface area contributed by atoms with Gasteiger partial charge in [-0.2, -0.15) is 4.98 Å². The maximum atomic E-state index is 5.23. The Morgan fingerprint density at radius 1 is 1.41 bits per heavy atom. The third-order valence-corrected chi connectivity index (χ3v) is 3.40. The minimum absolute atomic E-state index is 0.497. The molecule has 0 saturated heterocycles. The Morgan fingerprint density at radius 3 is 2.94 bits per heavy atom. The van der Waals surface area contributed by atoms with E-state index in [0.717, 1.165) is 18.3 Å². The van der Waals surface area contributed by atoms with Gasteiger partial charge in [-0.1, -0.05) is 38.8 Å². The topological polar surface area (TPSA) is 51.0 Å². The second-order valence-corrected chi connectivity index (χ2v) is 5.70. The largest absolute Gasteiger partial charge is 0.338 e. The molecule has 2 rings (SSSR count). The molecule has 1 fully saturated rings. The van der Waals surface area contributed by atoms with Gasteiger partial charge in [0.15, 0.2) is 5.82 Å². The molecule has 1 saturated carbocycles. The molecule has 1 aliphatic carbocycles. The number of hydrogen-bond donors (Lipinski definition) is 1. The van der Waals surface area contributed by atoms with E-state index in [1.165, 1.54) is 25.7 Å². The van der Waals surface area contributed by atoms with E-state index in [1.807, 2.05) is 0 Å². The van der Waals surface area contributed by atoms with E-state index in [0.29, 0.717) is 17.9 Å². The summed E-state index contributed by atoms with van der Waals surface area (Å²) >= 11 is 0. The predicted molar refractivity (Wildman–Crippen MR) is 68.0 cm³/mol. The predicted octanol–water partition coefficient (Wildman–Crippen LogP) is 3.43. The van der Waals surface area contributed by atoms with Gasteiger partial charge in [0.2, 0.25) is 0 Å². The van der Waals surface area contributed by atoms with Gasteiger partial charge in [-0.25, -0.2) is 0 Å². The molecule has 96 valence electrons. The summed E-state index contributed by atoms with van der Waals surface area (Å²) in [5.41, 5.74) is 0. The summed E-state index contributed by atoms with van der Waals surface area (Å²) in [6.07, 6.45) is 5.03. The third-order valence-electron chi connectivity index (χ3n) is 3.40. The normalized spacial score (nSPS) is 25.2. The molecule has 1 aromatic heterocycles. The van der Waals surface area contributed by atoms with Gasteiger partial charge in [0.25, 0.3) is 0 Å². The Kier molecular flexibility index (Phi) is 4.02. The zero-order valence-corrected chi connectivity index (χ0v) is 11.1. The van der Waals surface area contributed by atoms with Gasteiger partial charge in [0.05, 0.1) is 0 Å². The van der Waals surface area contributed by atoms with Crippen molar-refractivity contribution in [3.05, 3.63) is 5.82 Å². The van der Waals surface area contributed by atoms with Crippen molar-refractivity contribution in [2.24, 2.45) is 11.8 Å². The molecule has 4 nitrogen and oxygen atoms in total. The Balaban J connectivity index is 1.92. The van der Waals surface area contributed by atoms with Crippen molar-refractivity contribution in [3.8, 4) is 0 Å². The number of anilines is 1. The Bertz CT molecular complexity index is 348. The summed E-state index contributed by atoms with van der Waals surface area (Å²) < 4.78 is 5.23. The van der Waals surface area contributed by atoms with Gasteiger partial charge in [0, 0.05) is 12.5 Å². The fourth-order valence-corrected chi connectivity index (χ4v) is 2.43. The first-order valence-electron chi connectivity index (χ1n) is 6.72. The van der Waals surface area contributed by atoms with E-state index < -0.39 is 0 Å². The summed E-state index contributed by atoms with van der Waals surface area (Å²) in [7, 11) is 0. The highest BCUT2D eigenvalue weighted by atomic mass is 16.5. The quantitative estimate of drug-likeness (QED) is 0.871. The van der Waals surface area contributed by atoms with Crippen LogP contribution in [-0.2, 0) is 0 Å². The zero-order valence-electron chi connectivity index (χ0n) is 11.1. The number of nitrogens with zero attached hydrogens (tertiary/aromatic N) is 2. The summed E-state index contributed by atoms with van der Waals surface area (Å²) in [6.45, 7) is 7.51. The lowest BCUT2D eigenvalue weighted by Gasteiger charge is -2.23. The molecule has 0 amide bonds. The zero-order chi connectivity index (χ0) is 12.3. The minimum atomic E-state index is 0.497. The second-order valence-electron chi connectivity index (χ2n) is 5.70. The first-order valence-corrected chi connectivity index (χ1v) is 6.72. The monoisotopic (exact) mass is 237 g/mol. The van der Waals surface area contributed by atoms with Gasteiger partial charge in [-0.3, -0.25) is 0 Å². The van der Waals surface area contributed by atoms with Crippen LogP contribution in [0.2, 0.25) is 0 Å². The van der Waals surface area contributed by atoms with Gasteiger partial charge < -0.3 is 9.84 Å². The van der Waals surface area contributed by atoms with Gasteiger partial charge in [-0.15, -0.1) is 0 Å². The van der Waals surface area contributed by atoms with E-state index in [-0.39, 0.29) is 0 Å². The highest BCUT2D eigenvalue weighted by Gasteiger charge is 2.24. The van der Waals surface area contributed by atoms with E-state index >= 15 is 0 Å². The minimum Gasteiger partial charge on any atom is -0.338 e. The van der Waals surface area contributed by atoms with E-state index in [2.05, 4.69) is 36.2 Å². The van der Waals surface area contributed by atoms with Crippen LogP contribution in [-0.4, -0.2) is 16.7 Å². The molecule has 4 heteroatoms. The van der Waals surface area contributed by atoms with Crippen molar-refractivity contribution in [1.29, 1.82) is 0 Å². The molecule has 1 aliphatic rings. The summed E-state index contributed by atoms with van der Waals surface area (Å²) in [4.78, 5) is 4.45. The molecule has 2 unspecified atom stereocenters. The molecule has 1 aromatic rings. The van der Waals surface area contributed by atoms with Gasteiger partial charge in [-0.05, 0) is 24.7 Å². The highest BCUT2D eigenvalue weighted by Crippen LogP contribution is 2.34. The molecule has 1 heterocycles. The van der Waals surface area contributed by atoms with Crippen LogP contribution in [0.25, 0.3) is 0 Å². The molecule has 0 aromatic carbocycles. The lowest BCUT2D eigenvalue weighted by atomic mass is 9.82. The van der Waals surface area contributed by atoms with Crippen molar-refractivity contribution >= 4 is 6.01 Å². The van der Waals surface area contributed by atoms with Crippen molar-refractivity contribution < 1.29 is 4.52 Å². The van der Waals surface area contributed by atoms with Crippen molar-refractivity contribution in [1.82, 2.24) is 10.1 Å². The maximum absolute atomic E-state index is 5.23. The fraction of sp³-hybridized carbons (Fsp3) is 0.846. The van der Waals surface area contributed by atoms with Crippen LogP contribution in [0.5, 0.6) is 0 Å². The summed E-state index contributed by atoms with van der Waals surface area (Å²) in [5, 5.41) is 7.28. The molecule has 0 bridgehead atoms. The smallest absolute Gasteiger partial charge is 0.321 e. The third kappa shape index (κ3) is 3.45. The van der Waals surface area contributed by atoms with Crippen LogP contribution in [0.4, 0.5) is 6.01 Å². The lowest BCUT2D eigenvalue weighted by Crippen LogP contribution is -2.13. The molecule has 2 atom stereocenters. The first-order chi connectivity index (χ1) is 8.15. The second kappa shape index (κ2) is 5.52. The highest BCUT2D eigenvalue weighted by molar-refractivity contribution is 5.19. The van der Waals surface area contributed by atoms with Crippen LogP contribution in [0.15, 0.2) is 4.52 Å². The summed E-state index contributed by atoms with van der Waals surface area (Å²) in [5.74, 6) is 2.76. The average Bonchev–Trinajstić information content (AvgIpc) is 2.75. The average molecular weight is 237 g/mol. The van der Waals surface area contributed by atoms with E-state index in [4.69, 9.17) is 4.52 Å². The van der Waals surface area contributed by atoms with Crippen LogP contribution >= 0.6 is 0 Å². The molecular weight excluding hydrogens is 214 g/mol. The van der Waals surface area contributed by atoms with Gasteiger partial charge in [0.1, 0.15) is 0 Å². The fourth-order valence-electron chi connectivity index (χ4n) is 2.43.